The highest BCUT2D eigenvalue weighted by Crippen LogP contribution is 2.49. The molecule has 1 fully saturated rings. The lowest BCUT2D eigenvalue weighted by Crippen LogP contribution is -2.33. The highest BCUT2D eigenvalue weighted by molar-refractivity contribution is 7.91. The van der Waals surface area contributed by atoms with Crippen LogP contribution < -0.4 is 0 Å². The minimum atomic E-state index is -5.85. The summed E-state index contributed by atoms with van der Waals surface area (Å²) < 4.78 is 112. The molecule has 1 saturated carbocycles. The smallest absolute Gasteiger partial charge is 0.335 e. The second kappa shape index (κ2) is 7.97. The zero-order chi connectivity index (χ0) is 27.0. The van der Waals surface area contributed by atoms with Gasteiger partial charge in [-0.15, -0.1) is 0 Å². The van der Waals surface area contributed by atoms with Gasteiger partial charge in [0.2, 0.25) is 5.82 Å². The lowest BCUT2D eigenvalue weighted by atomic mass is 10.1. The van der Waals surface area contributed by atoms with Crippen LogP contribution in [0.15, 0.2) is 33.9 Å². The van der Waals surface area contributed by atoms with E-state index in [-0.39, 0.29) is 63.5 Å². The zero-order valence-corrected chi connectivity index (χ0v) is 19.8. The third-order valence-corrected chi connectivity index (χ3v) is 7.71. The number of nitrogens with zero attached hydrogens (tertiary/aromatic N) is 6. The third kappa shape index (κ3) is 4.02. The quantitative estimate of drug-likeness (QED) is 0.325. The summed E-state index contributed by atoms with van der Waals surface area (Å²) in [5.74, 6) is -6.02. The Kier molecular flexibility index (Phi) is 5.41. The van der Waals surface area contributed by atoms with Crippen LogP contribution in [0.5, 0.6) is 0 Å². The topological polar surface area (TPSA) is 117 Å². The molecule has 4 heterocycles. The van der Waals surface area contributed by atoms with Gasteiger partial charge in [-0.2, -0.15) is 26.9 Å². The number of hydrogen-bond acceptors (Lipinski definition) is 8. The molecular weight excluding hydrogens is 530 g/mol. The monoisotopic (exact) mass is 546 g/mol. The van der Waals surface area contributed by atoms with Crippen LogP contribution in [0.2, 0.25) is 0 Å². The molecule has 5 rings (SSSR count). The number of imidazole rings is 1. The average molecular weight is 546 g/mol. The summed E-state index contributed by atoms with van der Waals surface area (Å²) in [6.07, 6.45) is -3.84. The van der Waals surface area contributed by atoms with Gasteiger partial charge < -0.3 is 9.09 Å². The van der Waals surface area contributed by atoms with E-state index in [2.05, 4.69) is 25.1 Å². The maximum atomic E-state index is 14.2. The minimum absolute atomic E-state index is 0.0806. The Balaban J connectivity index is 1.64. The van der Waals surface area contributed by atoms with Gasteiger partial charge in [0, 0.05) is 25.0 Å². The number of alkyl halides is 6. The first-order chi connectivity index (χ1) is 17.2. The molecule has 0 amide bonds. The van der Waals surface area contributed by atoms with Gasteiger partial charge in [-0.1, -0.05) is 12.1 Å². The van der Waals surface area contributed by atoms with Crippen molar-refractivity contribution in [1.29, 1.82) is 0 Å². The second-order valence-electron chi connectivity index (χ2n) is 8.50. The SMILES string of the molecule is CCS(=O)(=O)c1cc(-c2noc(C3(F)CC3)n2)cnc1-c1nc2cc(C(F)(F)C(F)(F)F)cnc2n1C. The van der Waals surface area contributed by atoms with E-state index in [0.717, 1.165) is 0 Å². The summed E-state index contributed by atoms with van der Waals surface area (Å²) in [5.41, 5.74) is -3.65. The van der Waals surface area contributed by atoms with Crippen molar-refractivity contribution in [2.75, 3.05) is 5.75 Å². The summed E-state index contributed by atoms with van der Waals surface area (Å²) in [5, 5.41) is 3.69. The highest BCUT2D eigenvalue weighted by Gasteiger charge is 2.59. The van der Waals surface area contributed by atoms with Gasteiger partial charge in [0.05, 0.1) is 16.2 Å². The third-order valence-electron chi connectivity index (χ3n) is 5.96. The molecule has 16 heteroatoms. The zero-order valence-electron chi connectivity index (χ0n) is 19.0. The van der Waals surface area contributed by atoms with Crippen molar-refractivity contribution in [3.63, 3.8) is 0 Å². The van der Waals surface area contributed by atoms with Crippen molar-refractivity contribution >= 4 is 21.0 Å². The van der Waals surface area contributed by atoms with Crippen molar-refractivity contribution in [2.24, 2.45) is 7.05 Å². The van der Waals surface area contributed by atoms with Crippen molar-refractivity contribution in [3.05, 3.63) is 36.0 Å². The van der Waals surface area contributed by atoms with Gasteiger partial charge in [-0.25, -0.2) is 22.8 Å². The van der Waals surface area contributed by atoms with E-state index in [9.17, 15) is 34.8 Å². The molecule has 1 aliphatic rings. The normalized spacial score (nSPS) is 15.9. The largest absolute Gasteiger partial charge is 0.458 e. The Labute approximate surface area is 204 Å². The van der Waals surface area contributed by atoms with Crippen molar-refractivity contribution in [2.45, 2.75) is 42.4 Å². The van der Waals surface area contributed by atoms with Gasteiger partial charge >= 0.3 is 12.1 Å². The molecule has 0 unspecified atom stereocenters. The molecular formula is C21H16F6N6O3S. The molecule has 0 aromatic carbocycles. The number of rotatable bonds is 6. The minimum Gasteiger partial charge on any atom is -0.335 e. The lowest BCUT2D eigenvalue weighted by molar-refractivity contribution is -0.289. The molecule has 0 saturated heterocycles. The summed E-state index contributed by atoms with van der Waals surface area (Å²) in [6.45, 7) is 1.38. The van der Waals surface area contributed by atoms with Crippen molar-refractivity contribution < 1.29 is 39.3 Å². The summed E-state index contributed by atoms with van der Waals surface area (Å²) in [6, 6.07) is 1.72. The molecule has 196 valence electrons. The first-order valence-electron chi connectivity index (χ1n) is 10.7. The molecule has 1 aliphatic carbocycles. The van der Waals surface area contributed by atoms with Crippen LogP contribution in [0.4, 0.5) is 26.3 Å². The number of aromatic nitrogens is 6. The van der Waals surface area contributed by atoms with Crippen LogP contribution >= 0.6 is 0 Å². The number of sulfone groups is 1. The number of pyridine rings is 2. The van der Waals surface area contributed by atoms with Gasteiger partial charge in [-0.3, -0.25) is 4.98 Å². The Morgan fingerprint density at radius 1 is 1.08 bits per heavy atom. The summed E-state index contributed by atoms with van der Waals surface area (Å²) >= 11 is 0. The second-order valence-corrected chi connectivity index (χ2v) is 10.7. The summed E-state index contributed by atoms with van der Waals surface area (Å²) in [4.78, 5) is 15.6. The Bertz CT molecular complexity index is 1640. The molecule has 0 bridgehead atoms. The van der Waals surface area contributed by atoms with Crippen LogP contribution in [0, 0.1) is 0 Å². The van der Waals surface area contributed by atoms with E-state index in [0.29, 0.717) is 12.3 Å². The lowest BCUT2D eigenvalue weighted by Gasteiger charge is -2.19. The van der Waals surface area contributed by atoms with E-state index in [1.807, 2.05) is 0 Å². The van der Waals surface area contributed by atoms with Gasteiger partial charge in [0.1, 0.15) is 11.2 Å². The van der Waals surface area contributed by atoms with Crippen LogP contribution in [0.1, 0.15) is 31.2 Å². The first-order valence-corrected chi connectivity index (χ1v) is 12.4. The van der Waals surface area contributed by atoms with Crippen LogP contribution in [-0.4, -0.2) is 50.0 Å². The maximum absolute atomic E-state index is 14.2. The predicted molar refractivity (Wildman–Crippen MR) is 115 cm³/mol. The van der Waals surface area contributed by atoms with E-state index < -0.39 is 33.2 Å². The average Bonchev–Trinajstić information content (AvgIpc) is 3.26. The standard InChI is InChI=1S/C21H16F6N6O3S/c1-3-37(34,35)13-6-10(15-31-18(36-32-15)19(22)4-5-19)8-28-14(13)17-30-12-7-11(9-29-16(12)33(17)2)20(23,24)21(25,26)27/h6-9H,3-5H2,1-2H3. The Morgan fingerprint density at radius 2 is 1.78 bits per heavy atom. The fourth-order valence-electron chi connectivity index (χ4n) is 3.60. The van der Waals surface area contributed by atoms with Crippen molar-refractivity contribution in [1.82, 2.24) is 29.7 Å². The van der Waals surface area contributed by atoms with Crippen LogP contribution in [0.3, 0.4) is 0 Å². The van der Waals surface area contributed by atoms with E-state index in [1.54, 1.807) is 0 Å². The fraction of sp³-hybridized carbons (Fsp3) is 0.381. The summed E-state index contributed by atoms with van der Waals surface area (Å²) in [7, 11) is -2.61. The predicted octanol–water partition coefficient (Wildman–Crippen LogP) is 4.49. The molecule has 37 heavy (non-hydrogen) atoms. The molecule has 0 N–H and O–H groups in total. The number of aryl methyl sites for hydroxylation is 1. The first kappa shape index (κ1) is 25.1. The number of halogens is 6. The molecule has 0 spiro atoms. The Hall–Kier alpha value is -3.56. The van der Waals surface area contributed by atoms with Gasteiger partial charge in [0.15, 0.2) is 27.0 Å². The van der Waals surface area contributed by atoms with Gasteiger partial charge in [-0.05, 0) is 25.0 Å². The number of fused-ring (bicyclic) bond motifs is 1. The highest BCUT2D eigenvalue weighted by atomic mass is 32.2. The van der Waals surface area contributed by atoms with E-state index in [1.165, 1.54) is 30.8 Å². The Morgan fingerprint density at radius 3 is 2.41 bits per heavy atom. The maximum Gasteiger partial charge on any atom is 0.458 e. The molecule has 9 nitrogen and oxygen atoms in total. The van der Waals surface area contributed by atoms with E-state index >= 15 is 0 Å². The molecule has 4 aromatic rings. The molecule has 0 radical (unpaired) electrons. The molecule has 0 aliphatic heterocycles. The van der Waals surface area contributed by atoms with Crippen molar-refractivity contribution in [3.8, 4) is 22.9 Å². The fourth-order valence-corrected chi connectivity index (χ4v) is 4.65. The van der Waals surface area contributed by atoms with E-state index in [4.69, 9.17) is 4.52 Å². The van der Waals surface area contributed by atoms with Gasteiger partial charge in [0.25, 0.3) is 5.89 Å². The molecule has 4 aromatic heterocycles. The van der Waals surface area contributed by atoms with Crippen LogP contribution in [0.25, 0.3) is 34.1 Å². The molecule has 0 atom stereocenters. The van der Waals surface area contributed by atoms with Crippen LogP contribution in [-0.2, 0) is 28.5 Å². The number of hydrogen-bond donors (Lipinski definition) is 0.